The smallest absolute Gasteiger partial charge is 0.321 e. The van der Waals surface area contributed by atoms with Crippen molar-refractivity contribution < 1.29 is 4.79 Å². The molecule has 2 aromatic rings. The van der Waals surface area contributed by atoms with Crippen molar-refractivity contribution in [2.75, 3.05) is 31.5 Å². The lowest BCUT2D eigenvalue weighted by Gasteiger charge is -2.34. The van der Waals surface area contributed by atoms with Gasteiger partial charge in [-0.05, 0) is 35.6 Å². The molecule has 2 aromatic carbocycles. The molecule has 0 aromatic heterocycles. The Balaban J connectivity index is 1.49. The molecule has 0 bridgehead atoms. The van der Waals surface area contributed by atoms with Gasteiger partial charge in [0.25, 0.3) is 0 Å². The molecule has 0 saturated carbocycles. The zero-order valence-electron chi connectivity index (χ0n) is 17.0. The van der Waals surface area contributed by atoms with Gasteiger partial charge in [-0.3, -0.25) is 4.90 Å². The number of rotatable bonds is 3. The van der Waals surface area contributed by atoms with Crippen molar-refractivity contribution in [3.8, 4) is 0 Å². The number of carbonyl (C=O) groups excluding carboxylic acids is 1. The number of urea groups is 1. The molecule has 1 heterocycles. The molecule has 0 aliphatic carbocycles. The Labute approximate surface area is 163 Å². The number of hydrogen-bond acceptors (Lipinski definition) is 2. The number of hydrogen-bond donors (Lipinski definition) is 1. The van der Waals surface area contributed by atoms with Crippen molar-refractivity contribution in [3.63, 3.8) is 0 Å². The van der Waals surface area contributed by atoms with E-state index in [0.717, 1.165) is 38.4 Å². The fourth-order valence-corrected chi connectivity index (χ4v) is 3.43. The second kappa shape index (κ2) is 8.13. The Kier molecular flexibility index (Phi) is 5.85. The van der Waals surface area contributed by atoms with E-state index in [1.165, 1.54) is 16.7 Å². The van der Waals surface area contributed by atoms with Gasteiger partial charge in [-0.1, -0.05) is 62.7 Å². The molecule has 4 nitrogen and oxygen atoms in total. The lowest BCUT2D eigenvalue weighted by Crippen LogP contribution is -2.49. The molecule has 1 N–H and O–H groups in total. The van der Waals surface area contributed by atoms with Crippen LogP contribution in [0.25, 0.3) is 0 Å². The summed E-state index contributed by atoms with van der Waals surface area (Å²) >= 11 is 0. The maximum atomic E-state index is 12.6. The predicted molar refractivity (Wildman–Crippen MR) is 112 cm³/mol. The highest BCUT2D eigenvalue weighted by molar-refractivity contribution is 5.89. The van der Waals surface area contributed by atoms with Crippen molar-refractivity contribution in [1.82, 2.24) is 9.80 Å². The van der Waals surface area contributed by atoms with E-state index in [2.05, 4.69) is 74.3 Å². The first kappa shape index (κ1) is 19.4. The van der Waals surface area contributed by atoms with Gasteiger partial charge in [0.05, 0.1) is 0 Å². The van der Waals surface area contributed by atoms with Crippen molar-refractivity contribution >= 4 is 11.7 Å². The lowest BCUT2D eigenvalue weighted by atomic mass is 9.87. The van der Waals surface area contributed by atoms with Crippen LogP contribution in [-0.4, -0.2) is 42.0 Å². The topological polar surface area (TPSA) is 35.6 Å². The zero-order chi connectivity index (χ0) is 19.4. The van der Waals surface area contributed by atoms with E-state index in [-0.39, 0.29) is 11.4 Å². The highest BCUT2D eigenvalue weighted by Crippen LogP contribution is 2.23. The molecule has 1 aliphatic rings. The van der Waals surface area contributed by atoms with Crippen molar-refractivity contribution in [2.24, 2.45) is 0 Å². The normalized spacial score (nSPS) is 15.6. The number of aryl methyl sites for hydroxylation is 1. The Morgan fingerprint density at radius 3 is 2.26 bits per heavy atom. The molecule has 0 unspecified atom stereocenters. The molecule has 27 heavy (non-hydrogen) atoms. The van der Waals surface area contributed by atoms with Crippen LogP contribution in [0.1, 0.15) is 37.5 Å². The summed E-state index contributed by atoms with van der Waals surface area (Å²) < 4.78 is 0. The van der Waals surface area contributed by atoms with E-state index in [1.807, 2.05) is 17.0 Å². The minimum Gasteiger partial charge on any atom is -0.322 e. The standard InChI is InChI=1S/C23H31N3O/c1-18-6-5-7-19(16-18)17-25-12-14-26(15-13-25)22(27)24-21-10-8-20(9-11-21)23(2,3)4/h5-11,16H,12-15,17H2,1-4H3,(H,24,27). The highest BCUT2D eigenvalue weighted by atomic mass is 16.2. The Bertz CT molecular complexity index is 769. The summed E-state index contributed by atoms with van der Waals surface area (Å²) in [5, 5.41) is 3.03. The summed E-state index contributed by atoms with van der Waals surface area (Å²) in [7, 11) is 0. The van der Waals surface area contributed by atoms with Gasteiger partial charge in [0.2, 0.25) is 0 Å². The van der Waals surface area contributed by atoms with Gasteiger partial charge in [-0.25, -0.2) is 4.79 Å². The number of benzene rings is 2. The highest BCUT2D eigenvalue weighted by Gasteiger charge is 2.21. The molecular weight excluding hydrogens is 334 g/mol. The first-order chi connectivity index (χ1) is 12.8. The molecule has 0 radical (unpaired) electrons. The van der Waals surface area contributed by atoms with E-state index in [9.17, 15) is 4.79 Å². The number of amides is 2. The molecular formula is C23H31N3O. The van der Waals surface area contributed by atoms with Crippen molar-refractivity contribution in [3.05, 3.63) is 65.2 Å². The largest absolute Gasteiger partial charge is 0.322 e. The van der Waals surface area contributed by atoms with Gasteiger partial charge < -0.3 is 10.2 Å². The summed E-state index contributed by atoms with van der Waals surface area (Å²) in [6.45, 7) is 13.0. The fraction of sp³-hybridized carbons (Fsp3) is 0.435. The third-order valence-electron chi connectivity index (χ3n) is 5.15. The van der Waals surface area contributed by atoms with Gasteiger partial charge in [0.1, 0.15) is 0 Å². The number of carbonyl (C=O) groups is 1. The minimum absolute atomic E-state index is 0.00582. The van der Waals surface area contributed by atoms with E-state index in [4.69, 9.17) is 0 Å². The van der Waals surface area contributed by atoms with Gasteiger partial charge in [0, 0.05) is 38.4 Å². The number of nitrogens with zero attached hydrogens (tertiary/aromatic N) is 2. The first-order valence-corrected chi connectivity index (χ1v) is 9.76. The van der Waals surface area contributed by atoms with Gasteiger partial charge in [0.15, 0.2) is 0 Å². The van der Waals surface area contributed by atoms with Crippen molar-refractivity contribution in [1.29, 1.82) is 0 Å². The van der Waals surface area contributed by atoms with Gasteiger partial charge >= 0.3 is 6.03 Å². The molecule has 4 heteroatoms. The lowest BCUT2D eigenvalue weighted by molar-refractivity contribution is 0.143. The van der Waals surface area contributed by atoms with E-state index in [0.29, 0.717) is 0 Å². The molecule has 1 aliphatic heterocycles. The summed E-state index contributed by atoms with van der Waals surface area (Å²) in [4.78, 5) is 16.9. The van der Waals surface area contributed by atoms with E-state index >= 15 is 0 Å². The Morgan fingerprint density at radius 2 is 1.67 bits per heavy atom. The molecule has 3 rings (SSSR count). The summed E-state index contributed by atoms with van der Waals surface area (Å²) in [5.74, 6) is 0. The van der Waals surface area contributed by atoms with Crippen LogP contribution in [0, 0.1) is 6.92 Å². The second-order valence-electron chi connectivity index (χ2n) is 8.51. The first-order valence-electron chi connectivity index (χ1n) is 9.76. The Morgan fingerprint density at radius 1 is 1.00 bits per heavy atom. The van der Waals surface area contributed by atoms with Crippen LogP contribution in [-0.2, 0) is 12.0 Å². The number of nitrogens with one attached hydrogen (secondary N) is 1. The third kappa shape index (κ3) is 5.33. The van der Waals surface area contributed by atoms with Crippen LogP contribution in [0.4, 0.5) is 10.5 Å². The quantitative estimate of drug-likeness (QED) is 0.860. The predicted octanol–water partition coefficient (Wildman–Crippen LogP) is 4.64. The average molecular weight is 366 g/mol. The van der Waals surface area contributed by atoms with Crippen LogP contribution >= 0.6 is 0 Å². The van der Waals surface area contributed by atoms with Crippen molar-refractivity contribution in [2.45, 2.75) is 39.7 Å². The monoisotopic (exact) mass is 365 g/mol. The molecule has 2 amide bonds. The summed E-state index contributed by atoms with van der Waals surface area (Å²) in [6.07, 6.45) is 0. The van der Waals surface area contributed by atoms with Gasteiger partial charge in [-0.15, -0.1) is 0 Å². The van der Waals surface area contributed by atoms with Crippen LogP contribution in [0.5, 0.6) is 0 Å². The summed E-state index contributed by atoms with van der Waals surface area (Å²) in [6, 6.07) is 16.8. The van der Waals surface area contributed by atoms with E-state index < -0.39 is 0 Å². The zero-order valence-corrected chi connectivity index (χ0v) is 17.0. The Hall–Kier alpha value is -2.33. The minimum atomic E-state index is -0.00582. The maximum Gasteiger partial charge on any atom is 0.321 e. The van der Waals surface area contributed by atoms with Crippen LogP contribution in [0.15, 0.2) is 48.5 Å². The average Bonchev–Trinajstić information content (AvgIpc) is 2.62. The van der Waals surface area contributed by atoms with Crippen LogP contribution in [0.2, 0.25) is 0 Å². The SMILES string of the molecule is Cc1cccc(CN2CCN(C(=O)Nc3ccc(C(C)(C)C)cc3)CC2)c1. The molecule has 144 valence electrons. The van der Waals surface area contributed by atoms with Crippen LogP contribution < -0.4 is 5.32 Å². The second-order valence-corrected chi connectivity index (χ2v) is 8.51. The molecule has 1 saturated heterocycles. The molecule has 0 spiro atoms. The molecule has 1 fully saturated rings. The maximum absolute atomic E-state index is 12.6. The summed E-state index contributed by atoms with van der Waals surface area (Å²) in [5.41, 5.74) is 4.88. The van der Waals surface area contributed by atoms with Gasteiger partial charge in [-0.2, -0.15) is 0 Å². The number of anilines is 1. The third-order valence-corrected chi connectivity index (χ3v) is 5.15. The van der Waals surface area contributed by atoms with Crippen LogP contribution in [0.3, 0.4) is 0 Å². The fourth-order valence-electron chi connectivity index (χ4n) is 3.43. The molecule has 0 atom stereocenters. The number of piperazine rings is 1. The van der Waals surface area contributed by atoms with E-state index in [1.54, 1.807) is 0 Å².